The summed E-state index contributed by atoms with van der Waals surface area (Å²) in [6.45, 7) is 0.349. The zero-order chi connectivity index (χ0) is 11.5. The first-order valence-corrected chi connectivity index (χ1v) is 4.81. The fourth-order valence-corrected chi connectivity index (χ4v) is 1.13. The molecule has 0 aliphatic carbocycles. The third kappa shape index (κ3) is 5.59. The lowest BCUT2D eigenvalue weighted by Crippen LogP contribution is -2.22. The van der Waals surface area contributed by atoms with Gasteiger partial charge in [0.2, 0.25) is 18.2 Å². The number of hydrogen-bond donors (Lipinski definition) is 0. The summed E-state index contributed by atoms with van der Waals surface area (Å²) in [6.07, 6.45) is 3.07. The van der Waals surface area contributed by atoms with Crippen LogP contribution in [0.15, 0.2) is 15.0 Å². The molecule has 7 nitrogen and oxygen atoms in total. The van der Waals surface area contributed by atoms with E-state index >= 15 is 0 Å². The van der Waals surface area contributed by atoms with Gasteiger partial charge in [-0.25, -0.2) is 14.4 Å². The molecule has 0 spiro atoms. The number of nitrogens with zero attached hydrogens (tertiary/aromatic N) is 3. The predicted molar refractivity (Wildman–Crippen MR) is 52.4 cm³/mol. The molecule has 0 aromatic heterocycles. The molecule has 0 radical (unpaired) electrons. The highest BCUT2D eigenvalue weighted by Crippen LogP contribution is 2.08. The minimum absolute atomic E-state index is 0.319. The molecule has 1 atom stereocenters. The van der Waals surface area contributed by atoms with Crippen LogP contribution in [0.5, 0.6) is 0 Å². The summed E-state index contributed by atoms with van der Waals surface area (Å²) in [5.41, 5.74) is 0. The van der Waals surface area contributed by atoms with E-state index in [4.69, 9.17) is 4.43 Å². The highest BCUT2D eigenvalue weighted by Gasteiger charge is 2.19. The van der Waals surface area contributed by atoms with Crippen molar-refractivity contribution in [3.05, 3.63) is 0 Å². The van der Waals surface area contributed by atoms with E-state index in [0.717, 1.165) is 0 Å². The molecule has 0 bridgehead atoms. The second kappa shape index (κ2) is 8.90. The Bertz CT molecular complexity index is 311. The minimum atomic E-state index is -1.07. The summed E-state index contributed by atoms with van der Waals surface area (Å²) >= 11 is 0. The van der Waals surface area contributed by atoms with Crippen molar-refractivity contribution in [3.8, 4) is 0 Å². The van der Waals surface area contributed by atoms with Crippen LogP contribution in [0.4, 0.5) is 0 Å². The summed E-state index contributed by atoms with van der Waals surface area (Å²) < 4.78 is 4.89. The lowest BCUT2D eigenvalue weighted by molar-refractivity contribution is 0.314. The van der Waals surface area contributed by atoms with Crippen molar-refractivity contribution in [2.24, 2.45) is 15.0 Å². The molecule has 80 valence electrons. The van der Waals surface area contributed by atoms with Crippen molar-refractivity contribution >= 4 is 28.7 Å². The van der Waals surface area contributed by atoms with Crippen molar-refractivity contribution in [2.75, 3.05) is 6.61 Å². The highest BCUT2D eigenvalue weighted by atomic mass is 28.2. The number of isocyanates is 3. The van der Waals surface area contributed by atoms with E-state index in [1.165, 1.54) is 18.2 Å². The highest BCUT2D eigenvalue weighted by molar-refractivity contribution is 5.97. The van der Waals surface area contributed by atoms with Crippen LogP contribution in [0, 0.1) is 0 Å². The smallest absolute Gasteiger partial charge is 0.237 e. The summed E-state index contributed by atoms with van der Waals surface area (Å²) in [5, 5.41) is 0. The number of aliphatic imine (C=N–C) groups is 3. The first-order valence-electron chi connectivity index (χ1n) is 4.00. The molecular formula is C7H9N3O4Si. The monoisotopic (exact) mass is 227 g/mol. The molecule has 0 saturated heterocycles. The topological polar surface area (TPSA) is 97.5 Å². The summed E-state index contributed by atoms with van der Waals surface area (Å²) in [6, 6.07) is -0.737. The molecule has 0 amide bonds. The van der Waals surface area contributed by atoms with Crippen molar-refractivity contribution in [1.82, 2.24) is 0 Å². The van der Waals surface area contributed by atoms with Gasteiger partial charge in [0.1, 0.15) is 16.5 Å². The zero-order valence-corrected chi connectivity index (χ0v) is 10.0. The van der Waals surface area contributed by atoms with Crippen LogP contribution in [-0.4, -0.2) is 47.5 Å². The molecule has 0 saturated carbocycles. The lowest BCUT2D eigenvalue weighted by atomic mass is 10.2. The minimum Gasteiger partial charge on any atom is -0.428 e. The maximum atomic E-state index is 10.1. The Kier molecular flexibility index (Phi) is 7.90. The Balaban J connectivity index is 4.72. The van der Waals surface area contributed by atoms with Crippen molar-refractivity contribution in [3.63, 3.8) is 0 Å². The molecule has 0 fully saturated rings. The first kappa shape index (κ1) is 13.3. The Morgan fingerprint density at radius 1 is 1.07 bits per heavy atom. The van der Waals surface area contributed by atoms with Gasteiger partial charge in [-0.2, -0.15) is 15.0 Å². The van der Waals surface area contributed by atoms with Gasteiger partial charge in [0, 0.05) is 6.61 Å². The fraction of sp³-hybridized carbons (Fsp3) is 0.571. The van der Waals surface area contributed by atoms with Gasteiger partial charge in [0.25, 0.3) is 0 Å². The van der Waals surface area contributed by atoms with E-state index in [2.05, 4.69) is 15.0 Å². The molecule has 0 aliphatic heterocycles. The van der Waals surface area contributed by atoms with Gasteiger partial charge in [-0.3, -0.25) is 0 Å². The largest absolute Gasteiger partial charge is 0.428 e. The van der Waals surface area contributed by atoms with Gasteiger partial charge >= 0.3 is 0 Å². The average molecular weight is 227 g/mol. The van der Waals surface area contributed by atoms with Crippen LogP contribution < -0.4 is 0 Å². The number of hydrogen-bond acceptors (Lipinski definition) is 7. The van der Waals surface area contributed by atoms with Crippen LogP contribution in [0.2, 0.25) is 0 Å². The average Bonchev–Trinajstić information content (AvgIpc) is 2.24. The molecular weight excluding hydrogens is 218 g/mol. The van der Waals surface area contributed by atoms with Crippen LogP contribution in [0.25, 0.3) is 0 Å². The van der Waals surface area contributed by atoms with Crippen LogP contribution in [-0.2, 0) is 18.8 Å². The SMILES string of the molecule is O=C=NC(CCO[SiH3])C(N=C=O)N=C=O. The summed E-state index contributed by atoms with van der Waals surface area (Å²) in [5.74, 6) is 0. The molecule has 15 heavy (non-hydrogen) atoms. The van der Waals surface area contributed by atoms with Crippen molar-refractivity contribution in [2.45, 2.75) is 18.6 Å². The Labute approximate surface area is 88.5 Å². The third-order valence-corrected chi connectivity index (χ3v) is 1.96. The molecule has 1 unspecified atom stereocenters. The van der Waals surface area contributed by atoms with Gasteiger partial charge in [-0.05, 0) is 6.42 Å². The standard InChI is InChI=1S/C7H9N3O4Si/c11-3-8-6(1-2-14-15)7(9-4-12)10-5-13/h6-7H,1-2H2,15H3. The van der Waals surface area contributed by atoms with Crippen molar-refractivity contribution < 1.29 is 18.8 Å². The van der Waals surface area contributed by atoms with E-state index in [9.17, 15) is 14.4 Å². The molecule has 8 heteroatoms. The molecule has 0 aromatic carbocycles. The van der Waals surface area contributed by atoms with E-state index in [0.29, 0.717) is 23.5 Å². The number of rotatable bonds is 7. The van der Waals surface area contributed by atoms with Crippen LogP contribution >= 0.6 is 0 Å². The molecule has 0 aromatic rings. The first-order chi connectivity index (χ1) is 7.29. The van der Waals surface area contributed by atoms with E-state index in [1.807, 2.05) is 0 Å². The Morgan fingerprint density at radius 2 is 1.60 bits per heavy atom. The van der Waals surface area contributed by atoms with Crippen molar-refractivity contribution in [1.29, 1.82) is 0 Å². The molecule has 0 aliphatic rings. The zero-order valence-electron chi connectivity index (χ0n) is 8.04. The summed E-state index contributed by atoms with van der Waals surface area (Å²) in [4.78, 5) is 40.0. The van der Waals surface area contributed by atoms with E-state index in [-0.39, 0.29) is 0 Å². The Hall–Kier alpha value is -1.68. The van der Waals surface area contributed by atoms with E-state index < -0.39 is 12.2 Å². The second-order valence-electron chi connectivity index (χ2n) is 2.42. The van der Waals surface area contributed by atoms with Gasteiger partial charge in [0.15, 0.2) is 6.17 Å². The van der Waals surface area contributed by atoms with Gasteiger partial charge in [-0.15, -0.1) is 0 Å². The predicted octanol–water partition coefficient (Wildman–Crippen LogP) is -1.62. The van der Waals surface area contributed by atoms with Crippen LogP contribution in [0.3, 0.4) is 0 Å². The number of carbonyl (C=O) groups excluding carboxylic acids is 3. The third-order valence-electron chi connectivity index (χ3n) is 1.55. The summed E-state index contributed by atoms with van der Waals surface area (Å²) in [7, 11) is 0.543. The van der Waals surface area contributed by atoms with Gasteiger partial charge < -0.3 is 4.43 Å². The second-order valence-corrected chi connectivity index (χ2v) is 3.00. The maximum Gasteiger partial charge on any atom is 0.237 e. The normalized spacial score (nSPS) is 12.8. The molecule has 0 N–H and O–H groups in total. The van der Waals surface area contributed by atoms with Crippen LogP contribution in [0.1, 0.15) is 6.42 Å². The van der Waals surface area contributed by atoms with E-state index in [1.54, 1.807) is 0 Å². The molecule has 0 heterocycles. The lowest BCUT2D eigenvalue weighted by Gasteiger charge is -2.11. The van der Waals surface area contributed by atoms with Gasteiger partial charge in [-0.1, -0.05) is 0 Å². The fourth-order valence-electron chi connectivity index (χ4n) is 0.896. The molecule has 0 rings (SSSR count). The quantitative estimate of drug-likeness (QED) is 0.296. The van der Waals surface area contributed by atoms with Gasteiger partial charge in [0.05, 0.1) is 0 Å². The maximum absolute atomic E-state index is 10.1. The Morgan fingerprint density at radius 3 is 2.00 bits per heavy atom.